The van der Waals surface area contributed by atoms with Crippen LogP contribution in [0.5, 0.6) is 0 Å². The van der Waals surface area contributed by atoms with Gasteiger partial charge in [-0.15, -0.1) is 5.10 Å². The van der Waals surface area contributed by atoms with E-state index in [1.807, 2.05) is 22.9 Å². The van der Waals surface area contributed by atoms with E-state index in [9.17, 15) is 0 Å². The molecule has 0 aliphatic heterocycles. The molecule has 0 N–H and O–H groups in total. The second-order valence-electron chi connectivity index (χ2n) is 8.47. The number of nitrogens with zero attached hydrogens (tertiary/aromatic N) is 5. The molecule has 0 aliphatic carbocycles. The van der Waals surface area contributed by atoms with Crippen LogP contribution in [0.25, 0.3) is 6.08 Å². The number of aromatic nitrogens is 4. The fourth-order valence-electron chi connectivity index (χ4n) is 3.29. The molecular formula is C20H29Cl2N5. The SMILES string of the molecule is CC(C)[C@H](c1nnnn1[C@@H](/C=C/c1ccc(Cl)cc1Cl)C(C)(C)C)N(C)C. The number of halogens is 2. The van der Waals surface area contributed by atoms with E-state index in [0.717, 1.165) is 11.4 Å². The summed E-state index contributed by atoms with van der Waals surface area (Å²) in [6.45, 7) is 10.9. The predicted molar refractivity (Wildman–Crippen MR) is 113 cm³/mol. The lowest BCUT2D eigenvalue weighted by molar-refractivity contribution is 0.196. The Kier molecular flexibility index (Phi) is 7.06. The van der Waals surface area contributed by atoms with Crippen molar-refractivity contribution in [1.29, 1.82) is 0 Å². The fraction of sp³-hybridized carbons (Fsp3) is 0.550. The zero-order valence-electron chi connectivity index (χ0n) is 17.1. The van der Waals surface area contributed by atoms with Crippen molar-refractivity contribution in [3.8, 4) is 0 Å². The Labute approximate surface area is 172 Å². The summed E-state index contributed by atoms with van der Waals surface area (Å²) in [5.41, 5.74) is 0.825. The van der Waals surface area contributed by atoms with Gasteiger partial charge >= 0.3 is 0 Å². The highest BCUT2D eigenvalue weighted by atomic mass is 35.5. The van der Waals surface area contributed by atoms with E-state index >= 15 is 0 Å². The third kappa shape index (κ3) is 5.31. The number of rotatable bonds is 6. The van der Waals surface area contributed by atoms with Gasteiger partial charge < -0.3 is 0 Å². The summed E-state index contributed by atoms with van der Waals surface area (Å²) in [6, 6.07) is 5.59. The molecule has 0 bridgehead atoms. The van der Waals surface area contributed by atoms with Crippen LogP contribution in [-0.4, -0.2) is 39.2 Å². The summed E-state index contributed by atoms with van der Waals surface area (Å²) in [5, 5.41) is 13.9. The molecule has 2 aromatic rings. The Bertz CT molecular complexity index is 782. The Morgan fingerprint density at radius 1 is 1.15 bits per heavy atom. The number of tetrazole rings is 1. The molecule has 0 saturated carbocycles. The van der Waals surface area contributed by atoms with Gasteiger partial charge in [0.2, 0.25) is 0 Å². The van der Waals surface area contributed by atoms with Crippen molar-refractivity contribution >= 4 is 29.3 Å². The van der Waals surface area contributed by atoms with Gasteiger partial charge in [-0.25, -0.2) is 4.68 Å². The average molecular weight is 410 g/mol. The highest BCUT2D eigenvalue weighted by Crippen LogP contribution is 2.35. The van der Waals surface area contributed by atoms with Gasteiger partial charge in [0, 0.05) is 10.0 Å². The molecule has 1 aromatic heterocycles. The standard InChI is InChI=1S/C20H29Cl2N5/c1-13(2)18(26(6)7)19-23-24-25-27(19)17(20(3,4)5)11-9-14-8-10-15(21)12-16(14)22/h8-13,17-18H,1-7H3/b11-9+/t17-,18+/m0/s1. The molecule has 0 saturated heterocycles. The third-order valence-corrected chi connectivity index (χ3v) is 5.10. The molecule has 148 valence electrons. The Morgan fingerprint density at radius 2 is 1.81 bits per heavy atom. The second kappa shape index (κ2) is 8.72. The van der Waals surface area contributed by atoms with Crippen LogP contribution in [0.3, 0.4) is 0 Å². The van der Waals surface area contributed by atoms with Gasteiger partial charge in [0.15, 0.2) is 5.82 Å². The molecule has 1 heterocycles. The van der Waals surface area contributed by atoms with Gasteiger partial charge in [-0.3, -0.25) is 4.90 Å². The molecule has 7 heteroatoms. The average Bonchev–Trinajstić information content (AvgIpc) is 2.96. The van der Waals surface area contributed by atoms with Crippen LogP contribution in [0, 0.1) is 11.3 Å². The van der Waals surface area contributed by atoms with Gasteiger partial charge in [0.1, 0.15) is 0 Å². The zero-order valence-corrected chi connectivity index (χ0v) is 18.6. The smallest absolute Gasteiger partial charge is 0.169 e. The van der Waals surface area contributed by atoms with E-state index in [4.69, 9.17) is 23.2 Å². The highest BCUT2D eigenvalue weighted by Gasteiger charge is 2.32. The van der Waals surface area contributed by atoms with Gasteiger partial charge in [0.05, 0.1) is 12.1 Å². The fourth-order valence-corrected chi connectivity index (χ4v) is 3.76. The first kappa shape index (κ1) is 21.9. The Hall–Kier alpha value is -1.43. The minimum atomic E-state index is -0.0899. The summed E-state index contributed by atoms with van der Waals surface area (Å²) >= 11 is 12.3. The molecule has 0 aliphatic rings. The van der Waals surface area contributed by atoms with Gasteiger partial charge in [-0.2, -0.15) is 0 Å². The quantitative estimate of drug-likeness (QED) is 0.627. The maximum absolute atomic E-state index is 6.33. The number of hydrogen-bond donors (Lipinski definition) is 0. The van der Waals surface area contributed by atoms with E-state index in [0.29, 0.717) is 16.0 Å². The van der Waals surface area contributed by atoms with Crippen LogP contribution in [0.15, 0.2) is 24.3 Å². The van der Waals surface area contributed by atoms with Crippen molar-refractivity contribution in [1.82, 2.24) is 25.1 Å². The van der Waals surface area contributed by atoms with Gasteiger partial charge in [-0.1, -0.05) is 76.0 Å². The number of hydrogen-bond acceptors (Lipinski definition) is 4. The third-order valence-electron chi connectivity index (χ3n) is 4.54. The van der Waals surface area contributed by atoms with E-state index in [-0.39, 0.29) is 17.5 Å². The first-order chi connectivity index (χ1) is 12.5. The molecule has 0 fully saturated rings. The van der Waals surface area contributed by atoms with Crippen LogP contribution in [0.1, 0.15) is 58.1 Å². The van der Waals surface area contributed by atoms with Crippen LogP contribution >= 0.6 is 23.2 Å². The van der Waals surface area contributed by atoms with Crippen molar-refractivity contribution in [3.63, 3.8) is 0 Å². The van der Waals surface area contributed by atoms with Gasteiger partial charge in [0.25, 0.3) is 0 Å². The topological polar surface area (TPSA) is 46.8 Å². The molecule has 0 radical (unpaired) electrons. The molecule has 0 unspecified atom stereocenters. The summed E-state index contributed by atoms with van der Waals surface area (Å²) in [5.74, 6) is 1.24. The van der Waals surface area contributed by atoms with E-state index in [1.54, 1.807) is 6.07 Å². The maximum atomic E-state index is 6.33. The zero-order chi connectivity index (χ0) is 20.4. The van der Waals surface area contributed by atoms with Crippen molar-refractivity contribution < 1.29 is 0 Å². The second-order valence-corrected chi connectivity index (χ2v) is 9.31. The van der Waals surface area contributed by atoms with Crippen molar-refractivity contribution in [2.45, 2.75) is 46.7 Å². The summed E-state index contributed by atoms with van der Waals surface area (Å²) in [6.07, 6.45) is 4.13. The monoisotopic (exact) mass is 409 g/mol. The van der Waals surface area contributed by atoms with Gasteiger partial charge in [-0.05, 0) is 53.6 Å². The largest absolute Gasteiger partial charge is 0.299 e. The lowest BCUT2D eigenvalue weighted by Crippen LogP contribution is -2.32. The minimum Gasteiger partial charge on any atom is -0.299 e. The highest BCUT2D eigenvalue weighted by molar-refractivity contribution is 6.35. The van der Waals surface area contributed by atoms with Crippen LogP contribution in [0.4, 0.5) is 0 Å². The molecule has 1 aromatic carbocycles. The van der Waals surface area contributed by atoms with Crippen LogP contribution < -0.4 is 0 Å². The summed E-state index contributed by atoms with van der Waals surface area (Å²) in [4.78, 5) is 2.16. The van der Waals surface area contributed by atoms with Crippen LogP contribution in [-0.2, 0) is 0 Å². The van der Waals surface area contributed by atoms with Crippen molar-refractivity contribution in [3.05, 3.63) is 45.7 Å². The van der Waals surface area contributed by atoms with Crippen molar-refractivity contribution in [2.24, 2.45) is 11.3 Å². The molecule has 2 rings (SSSR count). The summed E-state index contributed by atoms with van der Waals surface area (Å²) in [7, 11) is 4.11. The Morgan fingerprint density at radius 3 is 2.33 bits per heavy atom. The Balaban J connectivity index is 2.47. The molecule has 27 heavy (non-hydrogen) atoms. The summed E-state index contributed by atoms with van der Waals surface area (Å²) < 4.78 is 1.94. The first-order valence-corrected chi connectivity index (χ1v) is 9.85. The van der Waals surface area contributed by atoms with Crippen molar-refractivity contribution in [2.75, 3.05) is 14.1 Å². The van der Waals surface area contributed by atoms with E-state index in [2.05, 4.69) is 75.2 Å². The lowest BCUT2D eigenvalue weighted by Gasteiger charge is -2.32. The molecule has 0 amide bonds. The normalized spacial score (nSPS) is 15.1. The molecular weight excluding hydrogens is 381 g/mol. The minimum absolute atomic E-state index is 0.0320. The number of allylic oxidation sites excluding steroid dienone is 1. The predicted octanol–water partition coefficient (Wildman–Crippen LogP) is 5.54. The molecule has 5 nitrogen and oxygen atoms in total. The first-order valence-electron chi connectivity index (χ1n) is 9.09. The van der Waals surface area contributed by atoms with E-state index in [1.165, 1.54) is 0 Å². The molecule has 2 atom stereocenters. The lowest BCUT2D eigenvalue weighted by atomic mass is 9.86. The van der Waals surface area contributed by atoms with E-state index < -0.39 is 0 Å². The maximum Gasteiger partial charge on any atom is 0.169 e. The number of benzene rings is 1. The van der Waals surface area contributed by atoms with Crippen LogP contribution in [0.2, 0.25) is 10.0 Å². The molecule has 0 spiro atoms.